The second kappa shape index (κ2) is 10.8. The molecule has 0 aromatic heterocycles. The van der Waals surface area contributed by atoms with Crippen molar-refractivity contribution in [2.75, 3.05) is 6.61 Å². The maximum absolute atomic E-state index is 12.1. The molecule has 0 bridgehead atoms. The van der Waals surface area contributed by atoms with Crippen LogP contribution in [-0.2, 0) is 6.42 Å². The molecule has 3 aromatic carbocycles. The highest BCUT2D eigenvalue weighted by Gasteiger charge is 2.00. The Bertz CT molecular complexity index is 936. The Morgan fingerprint density at radius 3 is 2.21 bits per heavy atom. The number of benzene rings is 3. The fraction of sp³-hybridized carbons (Fsp3) is 0.148. The molecule has 0 heterocycles. The molecule has 0 saturated heterocycles. The van der Waals surface area contributed by atoms with E-state index in [4.69, 9.17) is 4.74 Å². The summed E-state index contributed by atoms with van der Waals surface area (Å²) in [5.41, 5.74) is 4.17. The van der Waals surface area contributed by atoms with Crippen molar-refractivity contribution in [2.45, 2.75) is 19.3 Å². The third kappa shape index (κ3) is 6.62. The Balaban J connectivity index is 1.39. The molecule has 0 N–H and O–H groups in total. The average molecular weight is 383 g/mol. The number of ketones is 1. The first kappa shape index (κ1) is 20.3. The number of aryl methyl sites for hydroxylation is 1. The lowest BCUT2D eigenvalue weighted by Gasteiger charge is -2.07. The fourth-order valence-corrected chi connectivity index (χ4v) is 2.99. The SMILES string of the molecule is C=Cc1ccc(CCCCOc2ccc(C=CC(=O)c3ccccc3)cc2)cc1. The van der Waals surface area contributed by atoms with Crippen molar-refractivity contribution in [3.05, 3.63) is 114 Å². The molecule has 0 amide bonds. The summed E-state index contributed by atoms with van der Waals surface area (Å²) in [6.45, 7) is 4.48. The predicted octanol–water partition coefficient (Wildman–Crippen LogP) is 6.63. The van der Waals surface area contributed by atoms with Gasteiger partial charge in [0.05, 0.1) is 6.61 Å². The molecule has 2 heteroatoms. The molecule has 146 valence electrons. The number of hydrogen-bond acceptors (Lipinski definition) is 2. The van der Waals surface area contributed by atoms with Crippen molar-refractivity contribution in [2.24, 2.45) is 0 Å². The molecule has 0 unspecified atom stereocenters. The van der Waals surface area contributed by atoms with Crippen molar-refractivity contribution in [1.29, 1.82) is 0 Å². The highest BCUT2D eigenvalue weighted by Crippen LogP contribution is 2.15. The summed E-state index contributed by atoms with van der Waals surface area (Å²) in [6.07, 6.45) is 8.45. The standard InChI is InChI=1S/C27H26O2/c1-2-22-11-13-23(14-12-22)8-6-7-21-29-26-18-15-24(16-19-26)17-20-27(28)25-9-4-3-5-10-25/h2-5,9-20H,1,6-8,21H2. The molecule has 0 radical (unpaired) electrons. The molecule has 0 aliphatic rings. The van der Waals surface area contributed by atoms with Crippen LogP contribution in [0.2, 0.25) is 0 Å². The average Bonchev–Trinajstić information content (AvgIpc) is 2.79. The largest absolute Gasteiger partial charge is 0.494 e. The topological polar surface area (TPSA) is 26.3 Å². The van der Waals surface area contributed by atoms with Gasteiger partial charge >= 0.3 is 0 Å². The number of carbonyl (C=O) groups is 1. The number of hydrogen-bond donors (Lipinski definition) is 0. The van der Waals surface area contributed by atoms with Crippen LogP contribution in [0, 0.1) is 0 Å². The van der Waals surface area contributed by atoms with Gasteiger partial charge in [-0.25, -0.2) is 0 Å². The van der Waals surface area contributed by atoms with Gasteiger partial charge in [-0.3, -0.25) is 4.79 Å². The summed E-state index contributed by atoms with van der Waals surface area (Å²) < 4.78 is 5.83. The van der Waals surface area contributed by atoms with Crippen LogP contribution in [0.4, 0.5) is 0 Å². The summed E-state index contributed by atoms with van der Waals surface area (Å²) >= 11 is 0. The van der Waals surface area contributed by atoms with Gasteiger partial charge in [0, 0.05) is 5.56 Å². The van der Waals surface area contributed by atoms with Gasteiger partial charge in [0.1, 0.15) is 5.75 Å². The zero-order valence-electron chi connectivity index (χ0n) is 16.6. The van der Waals surface area contributed by atoms with E-state index >= 15 is 0 Å². The minimum atomic E-state index is 0.00468. The van der Waals surface area contributed by atoms with Crippen LogP contribution in [0.3, 0.4) is 0 Å². The molecule has 0 saturated carbocycles. The second-order valence-electron chi connectivity index (χ2n) is 6.88. The normalized spacial score (nSPS) is 10.8. The molecule has 2 nitrogen and oxygen atoms in total. The van der Waals surface area contributed by atoms with E-state index < -0.39 is 0 Å². The lowest BCUT2D eigenvalue weighted by molar-refractivity contribution is 0.104. The molecule has 3 aromatic rings. The maximum Gasteiger partial charge on any atom is 0.185 e. The van der Waals surface area contributed by atoms with Crippen molar-refractivity contribution < 1.29 is 9.53 Å². The van der Waals surface area contributed by atoms with Gasteiger partial charge in [-0.05, 0) is 54.2 Å². The number of unbranched alkanes of at least 4 members (excludes halogenated alkanes) is 1. The summed E-state index contributed by atoms with van der Waals surface area (Å²) in [7, 11) is 0. The van der Waals surface area contributed by atoms with E-state index in [1.807, 2.05) is 66.7 Å². The van der Waals surface area contributed by atoms with E-state index in [-0.39, 0.29) is 5.78 Å². The minimum Gasteiger partial charge on any atom is -0.494 e. The van der Waals surface area contributed by atoms with Crippen LogP contribution in [0.5, 0.6) is 5.75 Å². The maximum atomic E-state index is 12.1. The molecule has 29 heavy (non-hydrogen) atoms. The first-order chi connectivity index (χ1) is 14.2. The fourth-order valence-electron chi connectivity index (χ4n) is 2.99. The Morgan fingerprint density at radius 2 is 1.52 bits per heavy atom. The van der Waals surface area contributed by atoms with Gasteiger partial charge in [0.25, 0.3) is 0 Å². The molecular formula is C27H26O2. The van der Waals surface area contributed by atoms with Crippen molar-refractivity contribution in [1.82, 2.24) is 0 Å². The quantitative estimate of drug-likeness (QED) is 0.223. The molecule has 0 fully saturated rings. The molecule has 0 aliphatic carbocycles. The Hall–Kier alpha value is -3.39. The van der Waals surface area contributed by atoms with Crippen LogP contribution in [0.15, 0.2) is 91.5 Å². The van der Waals surface area contributed by atoms with Crippen LogP contribution in [0.1, 0.15) is 39.9 Å². The highest BCUT2D eigenvalue weighted by atomic mass is 16.5. The zero-order valence-corrected chi connectivity index (χ0v) is 16.6. The first-order valence-corrected chi connectivity index (χ1v) is 9.96. The van der Waals surface area contributed by atoms with Crippen LogP contribution in [-0.4, -0.2) is 12.4 Å². The van der Waals surface area contributed by atoms with Crippen LogP contribution in [0.25, 0.3) is 12.2 Å². The summed E-state index contributed by atoms with van der Waals surface area (Å²) in [4.78, 5) is 12.1. The number of allylic oxidation sites excluding steroid dienone is 1. The van der Waals surface area contributed by atoms with Gasteiger partial charge in [0.15, 0.2) is 5.78 Å². The Kier molecular flexibility index (Phi) is 7.59. The van der Waals surface area contributed by atoms with Crippen LogP contribution >= 0.6 is 0 Å². The molecule has 0 aliphatic heterocycles. The van der Waals surface area contributed by atoms with Gasteiger partial charge in [0.2, 0.25) is 0 Å². The molecule has 0 spiro atoms. The van der Waals surface area contributed by atoms with Crippen molar-refractivity contribution >= 4 is 17.9 Å². The number of carbonyl (C=O) groups excluding carboxylic acids is 1. The Morgan fingerprint density at radius 1 is 0.828 bits per heavy atom. The lowest BCUT2D eigenvalue weighted by Crippen LogP contribution is -1.98. The van der Waals surface area contributed by atoms with E-state index in [1.54, 1.807) is 6.08 Å². The first-order valence-electron chi connectivity index (χ1n) is 9.96. The van der Waals surface area contributed by atoms with E-state index in [0.717, 1.165) is 36.1 Å². The number of ether oxygens (including phenoxy) is 1. The lowest BCUT2D eigenvalue weighted by atomic mass is 10.1. The van der Waals surface area contributed by atoms with E-state index in [2.05, 4.69) is 30.8 Å². The summed E-state index contributed by atoms with van der Waals surface area (Å²) in [6, 6.07) is 25.6. The zero-order chi connectivity index (χ0) is 20.3. The van der Waals surface area contributed by atoms with Gasteiger partial charge in [-0.15, -0.1) is 0 Å². The van der Waals surface area contributed by atoms with E-state index in [9.17, 15) is 4.79 Å². The van der Waals surface area contributed by atoms with Crippen LogP contribution < -0.4 is 4.74 Å². The highest BCUT2D eigenvalue weighted by molar-refractivity contribution is 6.06. The van der Waals surface area contributed by atoms with Crippen molar-refractivity contribution in [3.63, 3.8) is 0 Å². The van der Waals surface area contributed by atoms with E-state index in [1.165, 1.54) is 5.56 Å². The monoisotopic (exact) mass is 382 g/mol. The predicted molar refractivity (Wildman–Crippen MR) is 121 cm³/mol. The third-order valence-corrected chi connectivity index (χ3v) is 4.71. The third-order valence-electron chi connectivity index (χ3n) is 4.71. The van der Waals surface area contributed by atoms with Gasteiger partial charge in [-0.2, -0.15) is 0 Å². The second-order valence-corrected chi connectivity index (χ2v) is 6.88. The molecule has 0 atom stereocenters. The van der Waals surface area contributed by atoms with Gasteiger partial charge < -0.3 is 4.74 Å². The molecular weight excluding hydrogens is 356 g/mol. The van der Waals surface area contributed by atoms with Gasteiger partial charge in [-0.1, -0.05) is 85.5 Å². The number of rotatable bonds is 10. The minimum absolute atomic E-state index is 0.00468. The summed E-state index contributed by atoms with van der Waals surface area (Å²) in [5, 5.41) is 0. The summed E-state index contributed by atoms with van der Waals surface area (Å²) in [5.74, 6) is 0.858. The van der Waals surface area contributed by atoms with E-state index in [0.29, 0.717) is 12.2 Å². The Labute approximate surface area is 173 Å². The smallest absolute Gasteiger partial charge is 0.185 e. The molecule has 3 rings (SSSR count). The van der Waals surface area contributed by atoms with Crippen molar-refractivity contribution in [3.8, 4) is 5.75 Å².